The van der Waals surface area contributed by atoms with Gasteiger partial charge in [-0.25, -0.2) is 5.43 Å². The second-order valence-electron chi connectivity index (χ2n) is 5.39. The Morgan fingerprint density at radius 2 is 2.05 bits per heavy atom. The molecule has 0 aliphatic heterocycles. The molecule has 0 unspecified atom stereocenters. The quantitative estimate of drug-likeness (QED) is 0.670. The zero-order chi connectivity index (χ0) is 14.8. The van der Waals surface area contributed by atoms with E-state index in [9.17, 15) is 4.79 Å². The van der Waals surface area contributed by atoms with Gasteiger partial charge in [-0.1, -0.05) is 29.8 Å². The highest BCUT2D eigenvalue weighted by Gasteiger charge is 2.22. The van der Waals surface area contributed by atoms with Crippen LogP contribution in [0.4, 0.5) is 0 Å². The summed E-state index contributed by atoms with van der Waals surface area (Å²) in [6.07, 6.45) is 2.96. The average Bonchev–Trinajstić information content (AvgIpc) is 3.08. The van der Waals surface area contributed by atoms with Crippen LogP contribution in [0.25, 0.3) is 0 Å². The van der Waals surface area contributed by atoms with Crippen molar-refractivity contribution in [1.29, 1.82) is 0 Å². The number of fused-ring (bicyclic) bond motifs is 1. The van der Waals surface area contributed by atoms with E-state index < -0.39 is 0 Å². The number of nitrogens with zero attached hydrogens (tertiary/aromatic N) is 2. The summed E-state index contributed by atoms with van der Waals surface area (Å²) in [5, 5.41) is 11.2. The van der Waals surface area contributed by atoms with E-state index in [0.29, 0.717) is 5.69 Å². The van der Waals surface area contributed by atoms with E-state index in [1.807, 2.05) is 38.1 Å². The van der Waals surface area contributed by atoms with Crippen molar-refractivity contribution < 1.29 is 4.79 Å². The van der Waals surface area contributed by atoms with Crippen molar-refractivity contribution in [1.82, 2.24) is 15.6 Å². The molecular formula is C16H18N4O. The normalized spacial score (nSPS) is 14.1. The average molecular weight is 282 g/mol. The number of hydrogen-bond donors (Lipinski definition) is 2. The Hall–Kier alpha value is -2.43. The Morgan fingerprint density at radius 3 is 2.81 bits per heavy atom. The van der Waals surface area contributed by atoms with Crippen molar-refractivity contribution in [2.45, 2.75) is 33.1 Å². The summed E-state index contributed by atoms with van der Waals surface area (Å²) in [7, 11) is 0. The third kappa shape index (κ3) is 2.72. The zero-order valence-electron chi connectivity index (χ0n) is 12.2. The van der Waals surface area contributed by atoms with Gasteiger partial charge in [-0.3, -0.25) is 9.89 Å². The molecule has 0 fully saturated rings. The molecule has 2 N–H and O–H groups in total. The van der Waals surface area contributed by atoms with Gasteiger partial charge in [-0.05, 0) is 38.7 Å². The van der Waals surface area contributed by atoms with Crippen LogP contribution in [0.2, 0.25) is 0 Å². The Kier molecular flexibility index (Phi) is 3.56. The molecule has 1 amide bonds. The topological polar surface area (TPSA) is 70.1 Å². The summed E-state index contributed by atoms with van der Waals surface area (Å²) < 4.78 is 0. The van der Waals surface area contributed by atoms with Crippen molar-refractivity contribution in [3.05, 3.63) is 52.3 Å². The van der Waals surface area contributed by atoms with Gasteiger partial charge in [0.05, 0.1) is 5.71 Å². The molecule has 1 aromatic carbocycles. The number of carbonyl (C=O) groups excluding carboxylic acids is 1. The van der Waals surface area contributed by atoms with E-state index in [2.05, 4.69) is 20.7 Å². The fraction of sp³-hybridized carbons (Fsp3) is 0.312. The number of nitrogens with one attached hydrogen (secondary N) is 2. The molecule has 5 nitrogen and oxygen atoms in total. The molecule has 3 rings (SSSR count). The molecule has 0 saturated heterocycles. The minimum Gasteiger partial charge on any atom is -0.281 e. The lowest BCUT2D eigenvalue weighted by molar-refractivity contribution is 0.0949. The van der Waals surface area contributed by atoms with Crippen LogP contribution in [0.15, 0.2) is 29.4 Å². The lowest BCUT2D eigenvalue weighted by Gasteiger charge is -2.03. The largest absolute Gasteiger partial charge is 0.292 e. The minimum atomic E-state index is -0.249. The van der Waals surface area contributed by atoms with Crippen molar-refractivity contribution in [2.75, 3.05) is 0 Å². The van der Waals surface area contributed by atoms with E-state index in [1.54, 1.807) is 0 Å². The van der Waals surface area contributed by atoms with Gasteiger partial charge in [0.2, 0.25) is 0 Å². The number of carbonyl (C=O) groups is 1. The molecule has 1 heterocycles. The van der Waals surface area contributed by atoms with Crippen LogP contribution in [0, 0.1) is 6.92 Å². The smallest absolute Gasteiger partial charge is 0.281 e. The predicted molar refractivity (Wildman–Crippen MR) is 81.5 cm³/mol. The van der Waals surface area contributed by atoms with E-state index >= 15 is 0 Å². The monoisotopic (exact) mass is 282 g/mol. The summed E-state index contributed by atoms with van der Waals surface area (Å²) in [5.41, 5.74) is 8.15. The summed E-state index contributed by atoms with van der Waals surface area (Å²) in [5.74, 6) is -0.249. The van der Waals surface area contributed by atoms with Gasteiger partial charge >= 0.3 is 0 Å². The maximum atomic E-state index is 12.2. The molecule has 108 valence electrons. The van der Waals surface area contributed by atoms with Gasteiger partial charge in [0.1, 0.15) is 0 Å². The van der Waals surface area contributed by atoms with E-state index in [0.717, 1.165) is 41.8 Å². The fourth-order valence-corrected chi connectivity index (χ4v) is 2.55. The lowest BCUT2D eigenvalue weighted by Crippen LogP contribution is -2.21. The highest BCUT2D eigenvalue weighted by atomic mass is 16.2. The van der Waals surface area contributed by atoms with Crippen LogP contribution in [-0.2, 0) is 12.8 Å². The first-order valence-corrected chi connectivity index (χ1v) is 7.13. The number of rotatable bonds is 3. The molecule has 0 atom stereocenters. The van der Waals surface area contributed by atoms with Gasteiger partial charge in [0.25, 0.3) is 5.91 Å². The predicted octanol–water partition coefficient (Wildman–Crippen LogP) is 2.36. The van der Waals surface area contributed by atoms with Gasteiger partial charge in [0, 0.05) is 11.3 Å². The van der Waals surface area contributed by atoms with E-state index in [1.165, 1.54) is 5.56 Å². The SMILES string of the molecule is CC(=NNC(=O)c1n[nH]c2c1CCC2)c1ccc(C)cc1. The van der Waals surface area contributed by atoms with Crippen LogP contribution >= 0.6 is 0 Å². The third-order valence-corrected chi connectivity index (χ3v) is 3.82. The second kappa shape index (κ2) is 5.52. The Balaban J connectivity index is 1.72. The van der Waals surface area contributed by atoms with Crippen LogP contribution in [0.5, 0.6) is 0 Å². The Labute approximate surface area is 123 Å². The molecular weight excluding hydrogens is 264 g/mol. The third-order valence-electron chi connectivity index (χ3n) is 3.82. The molecule has 1 aromatic heterocycles. The van der Waals surface area contributed by atoms with Gasteiger partial charge in [-0.15, -0.1) is 0 Å². The molecule has 0 radical (unpaired) electrons. The number of H-pyrrole nitrogens is 1. The maximum Gasteiger partial charge on any atom is 0.292 e. The minimum absolute atomic E-state index is 0.249. The lowest BCUT2D eigenvalue weighted by atomic mass is 10.1. The van der Waals surface area contributed by atoms with Crippen LogP contribution < -0.4 is 5.43 Å². The van der Waals surface area contributed by atoms with Crippen molar-refractivity contribution in [2.24, 2.45) is 5.10 Å². The molecule has 0 saturated carbocycles. The van der Waals surface area contributed by atoms with Gasteiger partial charge < -0.3 is 0 Å². The van der Waals surface area contributed by atoms with Crippen LogP contribution in [0.3, 0.4) is 0 Å². The van der Waals surface area contributed by atoms with Crippen molar-refractivity contribution in [3.8, 4) is 0 Å². The standard InChI is InChI=1S/C16H18N4O/c1-10-6-8-12(9-7-10)11(2)17-20-16(21)15-13-4-3-5-14(13)18-19-15/h6-9H,3-5H2,1-2H3,(H,18,19)(H,20,21). The second-order valence-corrected chi connectivity index (χ2v) is 5.39. The number of hydrazone groups is 1. The van der Waals surface area contributed by atoms with Crippen molar-refractivity contribution in [3.63, 3.8) is 0 Å². The number of aromatic amines is 1. The number of aromatic nitrogens is 2. The summed E-state index contributed by atoms with van der Waals surface area (Å²) in [6.45, 7) is 3.91. The highest BCUT2D eigenvalue weighted by molar-refractivity contribution is 6.00. The maximum absolute atomic E-state index is 12.2. The molecule has 1 aliphatic carbocycles. The van der Waals surface area contributed by atoms with Crippen molar-refractivity contribution >= 4 is 11.6 Å². The van der Waals surface area contributed by atoms with Crippen LogP contribution in [-0.4, -0.2) is 21.8 Å². The first kappa shape index (κ1) is 13.5. The molecule has 2 aromatic rings. The first-order valence-electron chi connectivity index (χ1n) is 7.13. The van der Waals surface area contributed by atoms with Gasteiger partial charge in [0.15, 0.2) is 5.69 Å². The molecule has 0 spiro atoms. The number of aryl methyl sites for hydroxylation is 2. The first-order chi connectivity index (χ1) is 10.1. The fourth-order valence-electron chi connectivity index (χ4n) is 2.55. The Bertz CT molecular complexity index is 698. The number of hydrogen-bond acceptors (Lipinski definition) is 3. The zero-order valence-corrected chi connectivity index (χ0v) is 12.2. The summed E-state index contributed by atoms with van der Waals surface area (Å²) >= 11 is 0. The molecule has 21 heavy (non-hydrogen) atoms. The Morgan fingerprint density at radius 1 is 1.29 bits per heavy atom. The number of benzene rings is 1. The van der Waals surface area contributed by atoms with E-state index in [-0.39, 0.29) is 5.91 Å². The number of amides is 1. The summed E-state index contributed by atoms with van der Waals surface area (Å²) in [4.78, 5) is 12.2. The molecule has 1 aliphatic rings. The van der Waals surface area contributed by atoms with Crippen LogP contribution in [0.1, 0.15) is 46.2 Å². The highest BCUT2D eigenvalue weighted by Crippen LogP contribution is 2.22. The van der Waals surface area contributed by atoms with E-state index in [4.69, 9.17) is 0 Å². The molecule has 5 heteroatoms. The van der Waals surface area contributed by atoms with Gasteiger partial charge in [-0.2, -0.15) is 10.2 Å². The summed E-state index contributed by atoms with van der Waals surface area (Å²) in [6, 6.07) is 8.03. The molecule has 0 bridgehead atoms.